The fourth-order valence-corrected chi connectivity index (χ4v) is 2.28. The summed E-state index contributed by atoms with van der Waals surface area (Å²) in [6.07, 6.45) is 0. The van der Waals surface area contributed by atoms with Crippen LogP contribution in [0.25, 0.3) is 0 Å². The molecule has 0 unspecified atom stereocenters. The summed E-state index contributed by atoms with van der Waals surface area (Å²) in [6, 6.07) is 3.66. The second kappa shape index (κ2) is 5.58. The van der Waals surface area contributed by atoms with Crippen LogP contribution < -0.4 is 9.47 Å². The molecular formula is C9H10Br2O3. The van der Waals surface area contributed by atoms with Gasteiger partial charge >= 0.3 is 0 Å². The van der Waals surface area contributed by atoms with Crippen molar-refractivity contribution < 1.29 is 14.2 Å². The van der Waals surface area contributed by atoms with Crippen molar-refractivity contribution in [3.8, 4) is 11.5 Å². The molecule has 1 aromatic carbocycles. The fourth-order valence-electron chi connectivity index (χ4n) is 0.910. The Labute approximate surface area is 99.6 Å². The molecule has 0 aromatic heterocycles. The Kier molecular flexibility index (Phi) is 4.71. The molecule has 0 fully saturated rings. The highest BCUT2D eigenvalue weighted by Gasteiger charge is 2.08. The van der Waals surface area contributed by atoms with Crippen molar-refractivity contribution in [2.75, 3.05) is 21.0 Å². The molecule has 0 saturated carbocycles. The zero-order chi connectivity index (χ0) is 10.6. The Hall–Kier alpha value is -0.260. The molecule has 0 amide bonds. The van der Waals surface area contributed by atoms with E-state index in [0.29, 0.717) is 5.75 Å². The van der Waals surface area contributed by atoms with Crippen LogP contribution in [0, 0.1) is 0 Å². The molecule has 0 bridgehead atoms. The van der Waals surface area contributed by atoms with Crippen molar-refractivity contribution in [1.82, 2.24) is 0 Å². The maximum Gasteiger partial charge on any atom is 0.188 e. The Balaban J connectivity index is 2.93. The van der Waals surface area contributed by atoms with Crippen LogP contribution in [0.3, 0.4) is 0 Å². The van der Waals surface area contributed by atoms with Crippen molar-refractivity contribution in [2.24, 2.45) is 0 Å². The molecule has 0 heterocycles. The van der Waals surface area contributed by atoms with E-state index in [-0.39, 0.29) is 6.79 Å². The van der Waals surface area contributed by atoms with Gasteiger partial charge in [0, 0.05) is 7.11 Å². The molecule has 0 atom stereocenters. The summed E-state index contributed by atoms with van der Waals surface area (Å²) in [6.45, 7) is 0.212. The molecule has 5 heteroatoms. The molecule has 3 nitrogen and oxygen atoms in total. The minimum atomic E-state index is 0.212. The highest BCUT2D eigenvalue weighted by molar-refractivity contribution is 9.11. The molecule has 1 rings (SSSR count). The lowest BCUT2D eigenvalue weighted by molar-refractivity contribution is 0.0500. The predicted octanol–water partition coefficient (Wildman–Crippen LogP) is 3.20. The number of ether oxygens (including phenoxy) is 3. The topological polar surface area (TPSA) is 27.7 Å². The quantitative estimate of drug-likeness (QED) is 0.796. The lowest BCUT2D eigenvalue weighted by atomic mass is 10.3. The van der Waals surface area contributed by atoms with Gasteiger partial charge in [0.2, 0.25) is 0 Å². The summed E-state index contributed by atoms with van der Waals surface area (Å²) in [5.41, 5.74) is 0. The lowest BCUT2D eigenvalue weighted by Crippen LogP contribution is -2.00. The van der Waals surface area contributed by atoms with E-state index in [1.54, 1.807) is 14.2 Å². The number of hydrogen-bond donors (Lipinski definition) is 0. The first-order valence-corrected chi connectivity index (χ1v) is 5.42. The molecule has 0 aliphatic heterocycles. The lowest BCUT2D eigenvalue weighted by Gasteiger charge is -2.10. The largest absolute Gasteiger partial charge is 0.497 e. The van der Waals surface area contributed by atoms with Crippen LogP contribution in [0.5, 0.6) is 11.5 Å². The molecule has 0 N–H and O–H groups in total. The van der Waals surface area contributed by atoms with Crippen LogP contribution in [-0.2, 0) is 4.74 Å². The second-order valence-electron chi connectivity index (χ2n) is 2.47. The third-order valence-electron chi connectivity index (χ3n) is 1.53. The highest BCUT2D eigenvalue weighted by atomic mass is 79.9. The number of methoxy groups -OCH3 is 2. The number of hydrogen-bond acceptors (Lipinski definition) is 3. The summed E-state index contributed by atoms with van der Waals surface area (Å²) >= 11 is 6.76. The Bertz CT molecular complexity index is 292. The first-order valence-electron chi connectivity index (χ1n) is 3.83. The number of halogens is 2. The number of benzene rings is 1. The smallest absolute Gasteiger partial charge is 0.188 e. The average Bonchev–Trinajstić information content (AvgIpc) is 2.16. The van der Waals surface area contributed by atoms with Gasteiger partial charge in [-0.05, 0) is 44.0 Å². The molecule has 0 aliphatic carbocycles. The summed E-state index contributed by atoms with van der Waals surface area (Å²) in [5, 5.41) is 0. The monoisotopic (exact) mass is 324 g/mol. The number of rotatable bonds is 4. The normalized spacial score (nSPS) is 10.0. The van der Waals surface area contributed by atoms with Crippen molar-refractivity contribution >= 4 is 31.9 Å². The minimum Gasteiger partial charge on any atom is -0.497 e. The summed E-state index contributed by atoms with van der Waals surface area (Å²) in [4.78, 5) is 0. The standard InChI is InChI=1S/C9H10Br2O3/c1-12-5-14-9-7(10)3-6(13-2)4-8(9)11/h3-4H,5H2,1-2H3. The van der Waals surface area contributed by atoms with E-state index in [4.69, 9.17) is 14.2 Å². The molecule has 0 saturated heterocycles. The van der Waals surface area contributed by atoms with Crippen LogP contribution in [0.1, 0.15) is 0 Å². The van der Waals surface area contributed by atoms with Gasteiger partial charge in [0.05, 0.1) is 16.1 Å². The minimum absolute atomic E-state index is 0.212. The zero-order valence-corrected chi connectivity index (χ0v) is 11.0. The molecule has 14 heavy (non-hydrogen) atoms. The van der Waals surface area contributed by atoms with Gasteiger partial charge in [-0.25, -0.2) is 0 Å². The summed E-state index contributed by atoms with van der Waals surface area (Å²) in [7, 11) is 3.19. The first-order chi connectivity index (χ1) is 6.69. The zero-order valence-electron chi connectivity index (χ0n) is 7.84. The second-order valence-corrected chi connectivity index (χ2v) is 4.18. The molecule has 0 aliphatic rings. The van der Waals surface area contributed by atoms with Crippen molar-refractivity contribution in [3.05, 3.63) is 21.1 Å². The van der Waals surface area contributed by atoms with Crippen LogP contribution in [0.4, 0.5) is 0 Å². The van der Waals surface area contributed by atoms with Gasteiger partial charge in [-0.15, -0.1) is 0 Å². The van der Waals surface area contributed by atoms with Crippen LogP contribution in [0.15, 0.2) is 21.1 Å². The Morgan fingerprint density at radius 3 is 2.14 bits per heavy atom. The van der Waals surface area contributed by atoms with Crippen LogP contribution in [0.2, 0.25) is 0 Å². The summed E-state index contributed by atoms with van der Waals surface area (Å²) < 4.78 is 16.9. The summed E-state index contributed by atoms with van der Waals surface area (Å²) in [5.74, 6) is 1.46. The fraction of sp³-hybridized carbons (Fsp3) is 0.333. The highest BCUT2D eigenvalue weighted by Crippen LogP contribution is 2.37. The average molecular weight is 326 g/mol. The van der Waals surface area contributed by atoms with Gasteiger partial charge in [-0.2, -0.15) is 0 Å². The third-order valence-corrected chi connectivity index (χ3v) is 2.71. The van der Waals surface area contributed by atoms with Crippen molar-refractivity contribution in [2.45, 2.75) is 0 Å². The SMILES string of the molecule is COCOc1c(Br)cc(OC)cc1Br. The Morgan fingerprint density at radius 1 is 1.14 bits per heavy atom. The van der Waals surface area contributed by atoms with E-state index in [2.05, 4.69) is 31.9 Å². The van der Waals surface area contributed by atoms with Crippen molar-refractivity contribution in [3.63, 3.8) is 0 Å². The van der Waals surface area contributed by atoms with Gasteiger partial charge < -0.3 is 14.2 Å². The van der Waals surface area contributed by atoms with Gasteiger partial charge in [-0.3, -0.25) is 0 Å². The van der Waals surface area contributed by atoms with E-state index in [1.807, 2.05) is 12.1 Å². The maximum atomic E-state index is 5.34. The van der Waals surface area contributed by atoms with Gasteiger partial charge in [0.15, 0.2) is 12.5 Å². The van der Waals surface area contributed by atoms with E-state index in [0.717, 1.165) is 14.7 Å². The molecule has 1 aromatic rings. The van der Waals surface area contributed by atoms with Crippen LogP contribution >= 0.6 is 31.9 Å². The van der Waals surface area contributed by atoms with E-state index in [1.165, 1.54) is 0 Å². The van der Waals surface area contributed by atoms with Gasteiger partial charge in [-0.1, -0.05) is 0 Å². The third kappa shape index (κ3) is 2.87. The van der Waals surface area contributed by atoms with Gasteiger partial charge in [0.1, 0.15) is 5.75 Å². The molecule has 0 spiro atoms. The van der Waals surface area contributed by atoms with E-state index in [9.17, 15) is 0 Å². The van der Waals surface area contributed by atoms with Gasteiger partial charge in [0.25, 0.3) is 0 Å². The molecular weight excluding hydrogens is 316 g/mol. The van der Waals surface area contributed by atoms with E-state index >= 15 is 0 Å². The maximum absolute atomic E-state index is 5.34. The Morgan fingerprint density at radius 2 is 1.71 bits per heavy atom. The van der Waals surface area contributed by atoms with Crippen LogP contribution in [-0.4, -0.2) is 21.0 Å². The predicted molar refractivity (Wildman–Crippen MR) is 60.9 cm³/mol. The first kappa shape index (κ1) is 11.8. The molecule has 78 valence electrons. The molecule has 0 radical (unpaired) electrons. The van der Waals surface area contributed by atoms with E-state index < -0.39 is 0 Å². The van der Waals surface area contributed by atoms with Crippen molar-refractivity contribution in [1.29, 1.82) is 0 Å².